The van der Waals surface area contributed by atoms with Crippen molar-refractivity contribution >= 4 is 45.5 Å². The Morgan fingerprint density at radius 1 is 0.290 bits per heavy atom. The van der Waals surface area contributed by atoms with E-state index in [1.54, 1.807) is 0 Å². The first-order chi connectivity index (χ1) is 29.0. The minimum absolute atomic E-state index is 0.376. The van der Waals surface area contributed by atoms with E-state index in [0.29, 0.717) is 79.4 Å². The van der Waals surface area contributed by atoms with Gasteiger partial charge in [-0.1, -0.05) is 132 Å². The highest BCUT2D eigenvalue weighted by Crippen LogP contribution is 2.57. The van der Waals surface area contributed by atoms with Crippen LogP contribution < -0.4 is 19.6 Å². The number of hydrogen-bond donors (Lipinski definition) is 0. The molecule has 6 aromatic rings. The number of rotatable bonds is 4. The summed E-state index contributed by atoms with van der Waals surface area (Å²) in [6.07, 6.45) is 0. The second-order valence-electron chi connectivity index (χ2n) is 20.6. The molecule has 0 atom stereocenters. The summed E-state index contributed by atoms with van der Waals surface area (Å²) in [5.74, 6) is -0.515. The number of para-hydroxylation sites is 4. The lowest BCUT2D eigenvalue weighted by Gasteiger charge is -2.35. The summed E-state index contributed by atoms with van der Waals surface area (Å²) < 4.78 is 66.2. The lowest BCUT2D eigenvalue weighted by molar-refractivity contribution is 0.522. The predicted molar refractivity (Wildman–Crippen MR) is 249 cm³/mol. The maximum absolute atomic E-state index is 16.6. The van der Waals surface area contributed by atoms with Gasteiger partial charge in [0.05, 0.1) is 45.5 Å². The summed E-state index contributed by atoms with van der Waals surface area (Å²) in [5, 5.41) is 0. The number of hydrogen-bond acceptors (Lipinski definition) is 4. The smallest absolute Gasteiger partial charge is 0.166 e. The van der Waals surface area contributed by atoms with Crippen molar-refractivity contribution in [1.29, 1.82) is 0 Å². The SMILES string of the molecule is CC(C)(C)c1ccc(N2C(=C3N(c4ccc(C(C)(C)C)c(F)c4)c4ccccc4N3c3ccc(C(C)(C)C)c(F)c3)N(c3ccc(C(C)(C)C)c(F)c3)c3ccccc32)cc1F. The third kappa shape index (κ3) is 7.31. The van der Waals surface area contributed by atoms with Gasteiger partial charge in [-0.2, -0.15) is 0 Å². The third-order valence-electron chi connectivity index (χ3n) is 11.8. The number of fused-ring (bicyclic) bond motifs is 2. The van der Waals surface area contributed by atoms with Crippen molar-refractivity contribution < 1.29 is 17.6 Å². The first-order valence-electron chi connectivity index (χ1n) is 21.3. The van der Waals surface area contributed by atoms with Crippen LogP contribution in [0.1, 0.15) is 105 Å². The molecule has 0 saturated heterocycles. The quantitative estimate of drug-likeness (QED) is 0.164. The van der Waals surface area contributed by atoms with Crippen LogP contribution in [-0.4, -0.2) is 0 Å². The van der Waals surface area contributed by atoms with E-state index in [2.05, 4.69) is 0 Å². The Kier molecular flexibility index (Phi) is 10.2. The molecule has 0 aromatic heterocycles. The maximum atomic E-state index is 16.6. The van der Waals surface area contributed by atoms with Crippen LogP contribution >= 0.6 is 0 Å². The van der Waals surface area contributed by atoms with Gasteiger partial charge < -0.3 is 0 Å². The molecule has 4 nitrogen and oxygen atoms in total. The largest absolute Gasteiger partial charge is 0.291 e. The average molecular weight is 837 g/mol. The lowest BCUT2D eigenvalue weighted by atomic mass is 9.86. The standard InChI is InChI=1S/C54H56F4N4/c1-51(2,3)37-25-21-33(29-41(37)55)59-45-17-13-14-18-46(45)60(34-22-26-38(42(56)30-34)52(4,5)6)49(59)50-61(35-23-27-39(43(57)31-35)53(7,8)9)47-19-15-16-20-48(47)62(50)36-24-28-40(44(58)32-36)54(10,11)12/h13-32H,1-12H3. The summed E-state index contributed by atoms with van der Waals surface area (Å²) in [6, 6.07) is 36.5. The highest BCUT2D eigenvalue weighted by atomic mass is 19.1. The van der Waals surface area contributed by atoms with Crippen molar-refractivity contribution in [3.05, 3.63) is 178 Å². The summed E-state index contributed by atoms with van der Waals surface area (Å²) in [7, 11) is 0. The van der Waals surface area contributed by atoms with Gasteiger partial charge in [-0.3, -0.25) is 19.6 Å². The molecule has 2 aliphatic heterocycles. The molecule has 0 N–H and O–H groups in total. The molecule has 0 aliphatic carbocycles. The molecule has 0 radical (unpaired) electrons. The number of benzene rings is 6. The molecule has 0 amide bonds. The fourth-order valence-corrected chi connectivity index (χ4v) is 8.79. The Balaban J connectivity index is 1.53. The molecule has 2 aliphatic rings. The Morgan fingerprint density at radius 2 is 0.484 bits per heavy atom. The Hall–Kier alpha value is -6.02. The van der Waals surface area contributed by atoms with Crippen molar-refractivity contribution in [3.8, 4) is 0 Å². The molecule has 0 bridgehead atoms. The summed E-state index contributed by atoms with van der Waals surface area (Å²) in [6.45, 7) is 23.7. The molecule has 0 spiro atoms. The minimum atomic E-state index is -0.474. The van der Waals surface area contributed by atoms with Gasteiger partial charge in [0.1, 0.15) is 23.3 Å². The Bertz CT molecular complexity index is 2390. The zero-order valence-electron chi connectivity index (χ0n) is 37.8. The normalized spacial score (nSPS) is 14.6. The van der Waals surface area contributed by atoms with Crippen LogP contribution in [0.4, 0.5) is 63.1 Å². The zero-order valence-corrected chi connectivity index (χ0v) is 37.8. The monoisotopic (exact) mass is 836 g/mol. The van der Waals surface area contributed by atoms with Crippen molar-refractivity contribution in [2.75, 3.05) is 19.6 Å². The molecule has 62 heavy (non-hydrogen) atoms. The van der Waals surface area contributed by atoms with Crippen molar-refractivity contribution in [2.45, 2.75) is 105 Å². The topological polar surface area (TPSA) is 13.0 Å². The van der Waals surface area contributed by atoms with Crippen LogP contribution in [0.2, 0.25) is 0 Å². The molecule has 6 aromatic carbocycles. The molecule has 320 valence electrons. The molecule has 0 saturated carbocycles. The van der Waals surface area contributed by atoms with Crippen molar-refractivity contribution in [1.82, 2.24) is 0 Å². The van der Waals surface area contributed by atoms with Crippen LogP contribution in [0.25, 0.3) is 0 Å². The van der Waals surface area contributed by atoms with E-state index in [1.807, 2.05) is 200 Å². The van der Waals surface area contributed by atoms with E-state index in [0.717, 1.165) is 0 Å². The van der Waals surface area contributed by atoms with Gasteiger partial charge in [-0.15, -0.1) is 0 Å². The second kappa shape index (κ2) is 14.8. The van der Waals surface area contributed by atoms with E-state index in [4.69, 9.17) is 0 Å². The van der Waals surface area contributed by atoms with E-state index in [9.17, 15) is 0 Å². The van der Waals surface area contributed by atoms with E-state index in [1.165, 1.54) is 24.3 Å². The Morgan fingerprint density at radius 3 is 0.645 bits per heavy atom. The van der Waals surface area contributed by atoms with Gasteiger partial charge in [-0.25, -0.2) is 17.6 Å². The van der Waals surface area contributed by atoms with Crippen LogP contribution in [0.5, 0.6) is 0 Å². The number of halogens is 4. The van der Waals surface area contributed by atoms with Crippen molar-refractivity contribution in [3.63, 3.8) is 0 Å². The highest BCUT2D eigenvalue weighted by Gasteiger charge is 2.45. The highest BCUT2D eigenvalue weighted by molar-refractivity contribution is 6.00. The van der Waals surface area contributed by atoms with Crippen molar-refractivity contribution in [2.24, 2.45) is 0 Å². The van der Waals surface area contributed by atoms with Crippen LogP contribution in [0.3, 0.4) is 0 Å². The molecule has 0 unspecified atom stereocenters. The molecular formula is C54H56F4N4. The number of nitrogens with zero attached hydrogens (tertiary/aromatic N) is 4. The fourth-order valence-electron chi connectivity index (χ4n) is 8.79. The Labute approximate surface area is 364 Å². The van der Waals surface area contributed by atoms with E-state index >= 15 is 17.6 Å². The number of anilines is 8. The first kappa shape index (κ1) is 42.7. The minimum Gasteiger partial charge on any atom is -0.291 e. The zero-order chi connectivity index (χ0) is 44.8. The van der Waals surface area contributed by atoms with Gasteiger partial charge in [-0.05, 0) is 117 Å². The fraction of sp³-hybridized carbons (Fsp3) is 0.296. The average Bonchev–Trinajstić information content (AvgIpc) is 3.69. The van der Waals surface area contributed by atoms with Gasteiger partial charge in [0, 0.05) is 0 Å². The van der Waals surface area contributed by atoms with Crippen LogP contribution in [0, 0.1) is 23.3 Å². The van der Waals surface area contributed by atoms with Gasteiger partial charge in [0.25, 0.3) is 0 Å². The third-order valence-corrected chi connectivity index (χ3v) is 11.8. The predicted octanol–water partition coefficient (Wildman–Crippen LogP) is 15.8. The summed E-state index contributed by atoms with van der Waals surface area (Å²) in [5.41, 5.74) is 5.20. The lowest BCUT2D eigenvalue weighted by Crippen LogP contribution is -2.34. The van der Waals surface area contributed by atoms with Crippen LogP contribution in [-0.2, 0) is 21.7 Å². The van der Waals surface area contributed by atoms with Gasteiger partial charge >= 0.3 is 0 Å². The van der Waals surface area contributed by atoms with Gasteiger partial charge in [0.2, 0.25) is 0 Å². The van der Waals surface area contributed by atoms with Crippen LogP contribution in [0.15, 0.2) is 133 Å². The molecule has 8 rings (SSSR count). The first-order valence-corrected chi connectivity index (χ1v) is 21.3. The second-order valence-corrected chi connectivity index (χ2v) is 20.6. The van der Waals surface area contributed by atoms with E-state index < -0.39 is 21.7 Å². The maximum Gasteiger partial charge on any atom is 0.166 e. The summed E-state index contributed by atoms with van der Waals surface area (Å²) in [4.78, 5) is 7.89. The molecule has 8 heteroatoms. The molecule has 2 heterocycles. The summed E-state index contributed by atoms with van der Waals surface area (Å²) >= 11 is 0. The molecule has 0 fully saturated rings. The van der Waals surface area contributed by atoms with Gasteiger partial charge in [0.15, 0.2) is 11.6 Å². The van der Waals surface area contributed by atoms with E-state index in [-0.39, 0.29) is 23.3 Å². The molecular weight excluding hydrogens is 781 g/mol.